The van der Waals surface area contributed by atoms with E-state index < -0.39 is 0 Å². The highest BCUT2D eigenvalue weighted by Crippen LogP contribution is 2.22. The monoisotopic (exact) mass is 282 g/mol. The Bertz CT molecular complexity index is 481. The van der Waals surface area contributed by atoms with E-state index >= 15 is 0 Å². The molecule has 19 heavy (non-hydrogen) atoms. The van der Waals surface area contributed by atoms with Crippen molar-refractivity contribution in [1.29, 1.82) is 0 Å². The highest BCUT2D eigenvalue weighted by atomic mass is 35.5. The van der Waals surface area contributed by atoms with Gasteiger partial charge in [0.05, 0.1) is 13.2 Å². The maximum atomic E-state index is 12.2. The zero-order chi connectivity index (χ0) is 13.2. The van der Waals surface area contributed by atoms with Crippen LogP contribution in [0, 0.1) is 0 Å². The number of nitrogens with zero attached hydrogens (tertiary/aromatic N) is 3. The SMILES string of the molecule is O=C(NC1CC1)C1COCCN1c1ccnc(Cl)n1. The first-order valence-electron chi connectivity index (χ1n) is 6.37. The molecule has 6 nitrogen and oxygen atoms in total. The minimum Gasteiger partial charge on any atom is -0.377 e. The van der Waals surface area contributed by atoms with Gasteiger partial charge in [-0.05, 0) is 30.5 Å². The number of amides is 1. The van der Waals surface area contributed by atoms with Gasteiger partial charge in [-0.1, -0.05) is 0 Å². The summed E-state index contributed by atoms with van der Waals surface area (Å²) in [6.45, 7) is 1.57. The van der Waals surface area contributed by atoms with Crippen LogP contribution in [0.4, 0.5) is 5.82 Å². The standard InChI is InChI=1S/C12H15ClN4O2/c13-12-14-4-3-10(16-12)17-5-6-19-7-9(17)11(18)15-8-1-2-8/h3-4,8-9H,1-2,5-7H2,(H,15,18). The van der Waals surface area contributed by atoms with E-state index in [9.17, 15) is 4.79 Å². The highest BCUT2D eigenvalue weighted by molar-refractivity contribution is 6.28. The summed E-state index contributed by atoms with van der Waals surface area (Å²) in [5.74, 6) is 0.663. The predicted molar refractivity (Wildman–Crippen MR) is 70.2 cm³/mol. The Hall–Kier alpha value is -1.40. The van der Waals surface area contributed by atoms with Crippen molar-refractivity contribution < 1.29 is 9.53 Å². The molecule has 7 heteroatoms. The van der Waals surface area contributed by atoms with Crippen molar-refractivity contribution in [3.63, 3.8) is 0 Å². The molecule has 1 saturated carbocycles. The van der Waals surface area contributed by atoms with Gasteiger partial charge in [0, 0.05) is 18.8 Å². The number of aromatic nitrogens is 2. The third-order valence-electron chi connectivity index (χ3n) is 3.26. The lowest BCUT2D eigenvalue weighted by molar-refractivity contribution is -0.124. The molecule has 102 valence electrons. The number of hydrogen-bond donors (Lipinski definition) is 1. The van der Waals surface area contributed by atoms with E-state index in [4.69, 9.17) is 16.3 Å². The topological polar surface area (TPSA) is 67.3 Å². The molecule has 0 spiro atoms. The summed E-state index contributed by atoms with van der Waals surface area (Å²) in [5, 5.41) is 3.19. The summed E-state index contributed by atoms with van der Waals surface area (Å²) in [6.07, 6.45) is 3.73. The van der Waals surface area contributed by atoms with Gasteiger partial charge in [0.1, 0.15) is 11.9 Å². The average molecular weight is 283 g/mol. The van der Waals surface area contributed by atoms with Crippen LogP contribution in [0.5, 0.6) is 0 Å². The van der Waals surface area contributed by atoms with E-state index in [1.807, 2.05) is 4.90 Å². The molecule has 1 saturated heterocycles. The lowest BCUT2D eigenvalue weighted by Crippen LogP contribution is -2.54. The molecule has 1 aromatic heterocycles. The number of halogens is 1. The van der Waals surface area contributed by atoms with Crippen molar-refractivity contribution in [3.8, 4) is 0 Å². The molecule has 1 atom stereocenters. The van der Waals surface area contributed by atoms with Gasteiger partial charge in [-0.25, -0.2) is 9.97 Å². The second-order valence-corrected chi connectivity index (χ2v) is 5.09. The number of carbonyl (C=O) groups excluding carboxylic acids is 1. The first-order valence-corrected chi connectivity index (χ1v) is 6.75. The summed E-state index contributed by atoms with van der Waals surface area (Å²) in [6, 6.07) is 1.75. The van der Waals surface area contributed by atoms with Gasteiger partial charge in [0.2, 0.25) is 11.2 Å². The van der Waals surface area contributed by atoms with Crippen molar-refractivity contribution in [1.82, 2.24) is 15.3 Å². The molecule has 1 aromatic rings. The predicted octanol–water partition coefficient (Wildman–Crippen LogP) is 0.614. The molecule has 3 rings (SSSR count). The average Bonchev–Trinajstić information content (AvgIpc) is 3.23. The summed E-state index contributed by atoms with van der Waals surface area (Å²) < 4.78 is 5.41. The third-order valence-corrected chi connectivity index (χ3v) is 3.44. The molecule has 1 amide bonds. The smallest absolute Gasteiger partial charge is 0.245 e. The zero-order valence-corrected chi connectivity index (χ0v) is 11.1. The number of carbonyl (C=O) groups is 1. The van der Waals surface area contributed by atoms with E-state index in [-0.39, 0.29) is 17.2 Å². The highest BCUT2D eigenvalue weighted by Gasteiger charge is 2.33. The van der Waals surface area contributed by atoms with Crippen LogP contribution in [0.25, 0.3) is 0 Å². The summed E-state index contributed by atoms with van der Waals surface area (Å²) >= 11 is 5.80. The van der Waals surface area contributed by atoms with E-state index in [2.05, 4.69) is 15.3 Å². The Kier molecular flexibility index (Phi) is 3.52. The minimum atomic E-state index is -0.347. The number of anilines is 1. The van der Waals surface area contributed by atoms with E-state index in [0.29, 0.717) is 31.6 Å². The number of rotatable bonds is 3. The van der Waals surface area contributed by atoms with Crippen LogP contribution in [-0.4, -0.2) is 47.7 Å². The number of hydrogen-bond acceptors (Lipinski definition) is 5. The first-order chi connectivity index (χ1) is 9.24. The third kappa shape index (κ3) is 2.96. The van der Waals surface area contributed by atoms with E-state index in [1.165, 1.54) is 0 Å². The van der Waals surface area contributed by atoms with E-state index in [0.717, 1.165) is 12.8 Å². The van der Waals surface area contributed by atoms with Gasteiger partial charge < -0.3 is 15.0 Å². The van der Waals surface area contributed by atoms with Gasteiger partial charge in [0.15, 0.2) is 0 Å². The Balaban J connectivity index is 1.77. The fraction of sp³-hybridized carbons (Fsp3) is 0.583. The number of ether oxygens (including phenoxy) is 1. The van der Waals surface area contributed by atoms with Crippen molar-refractivity contribution in [2.75, 3.05) is 24.7 Å². The maximum Gasteiger partial charge on any atom is 0.245 e. The van der Waals surface area contributed by atoms with Crippen LogP contribution < -0.4 is 10.2 Å². The number of morpholine rings is 1. The van der Waals surface area contributed by atoms with Gasteiger partial charge in [-0.15, -0.1) is 0 Å². The molecule has 0 aromatic carbocycles. The normalized spacial score (nSPS) is 23.2. The summed E-state index contributed by atoms with van der Waals surface area (Å²) in [5.41, 5.74) is 0. The molecule has 1 unspecified atom stereocenters. The summed E-state index contributed by atoms with van der Waals surface area (Å²) in [4.78, 5) is 22.2. The minimum absolute atomic E-state index is 0.00284. The van der Waals surface area contributed by atoms with Crippen molar-refractivity contribution in [2.24, 2.45) is 0 Å². The molecule has 1 N–H and O–H groups in total. The Labute approximate surface area is 116 Å². The Morgan fingerprint density at radius 1 is 1.53 bits per heavy atom. The molecule has 1 aliphatic heterocycles. The van der Waals surface area contributed by atoms with Crippen LogP contribution in [0.1, 0.15) is 12.8 Å². The molecule has 0 radical (unpaired) electrons. The maximum absolute atomic E-state index is 12.2. The van der Waals surface area contributed by atoms with Crippen LogP contribution in [0.3, 0.4) is 0 Å². The fourth-order valence-corrected chi connectivity index (χ4v) is 2.25. The molecule has 0 bridgehead atoms. The van der Waals surface area contributed by atoms with Gasteiger partial charge in [0.25, 0.3) is 0 Å². The summed E-state index contributed by atoms with van der Waals surface area (Å²) in [7, 11) is 0. The van der Waals surface area contributed by atoms with Crippen LogP contribution >= 0.6 is 11.6 Å². The Morgan fingerprint density at radius 3 is 3.11 bits per heavy atom. The van der Waals surface area contributed by atoms with Crippen LogP contribution in [0.2, 0.25) is 5.28 Å². The Morgan fingerprint density at radius 2 is 2.37 bits per heavy atom. The number of nitrogens with one attached hydrogen (secondary N) is 1. The fourth-order valence-electron chi connectivity index (χ4n) is 2.11. The molecule has 2 fully saturated rings. The van der Waals surface area contributed by atoms with Crippen LogP contribution in [0.15, 0.2) is 12.3 Å². The van der Waals surface area contributed by atoms with E-state index in [1.54, 1.807) is 12.3 Å². The molecule has 2 heterocycles. The lowest BCUT2D eigenvalue weighted by Gasteiger charge is -2.35. The quantitative estimate of drug-likeness (QED) is 0.823. The largest absolute Gasteiger partial charge is 0.377 e. The molecule has 2 aliphatic rings. The first kappa shape index (κ1) is 12.6. The zero-order valence-electron chi connectivity index (χ0n) is 10.4. The van der Waals surface area contributed by atoms with Crippen molar-refractivity contribution in [3.05, 3.63) is 17.5 Å². The van der Waals surface area contributed by atoms with Gasteiger partial charge in [-0.3, -0.25) is 4.79 Å². The molecular formula is C12H15ClN4O2. The van der Waals surface area contributed by atoms with Crippen molar-refractivity contribution >= 4 is 23.3 Å². The second-order valence-electron chi connectivity index (χ2n) is 4.75. The lowest BCUT2D eigenvalue weighted by atomic mass is 10.2. The molecular weight excluding hydrogens is 268 g/mol. The van der Waals surface area contributed by atoms with Crippen LogP contribution in [-0.2, 0) is 9.53 Å². The second kappa shape index (κ2) is 5.30. The molecule has 1 aliphatic carbocycles. The van der Waals surface area contributed by atoms with Gasteiger partial charge in [-0.2, -0.15) is 0 Å². The van der Waals surface area contributed by atoms with Crippen molar-refractivity contribution in [2.45, 2.75) is 24.9 Å². The van der Waals surface area contributed by atoms with Gasteiger partial charge >= 0.3 is 0 Å².